The van der Waals surface area contributed by atoms with Gasteiger partial charge >= 0.3 is 5.97 Å². The number of halogens is 1. The van der Waals surface area contributed by atoms with Gasteiger partial charge in [-0.2, -0.15) is 0 Å². The van der Waals surface area contributed by atoms with E-state index < -0.39 is 11.6 Å². The van der Waals surface area contributed by atoms with E-state index in [-0.39, 0.29) is 30.2 Å². The second kappa shape index (κ2) is 9.52. The quantitative estimate of drug-likeness (QED) is 0.620. The number of amides is 1. The zero-order valence-electron chi connectivity index (χ0n) is 19.3. The van der Waals surface area contributed by atoms with Crippen LogP contribution in [0.1, 0.15) is 64.5 Å². The summed E-state index contributed by atoms with van der Waals surface area (Å²) in [4.78, 5) is 28.4. The molecule has 4 rings (SSSR count). The number of ether oxygens (including phenoxy) is 1. The molecule has 8 heteroatoms. The Kier molecular flexibility index (Phi) is 6.88. The molecule has 1 aromatic carbocycles. The number of aliphatic hydroxyl groups is 1. The smallest absolute Gasteiger partial charge is 0.341 e. The van der Waals surface area contributed by atoms with Gasteiger partial charge in [-0.05, 0) is 56.4 Å². The molecule has 2 N–H and O–H groups in total. The van der Waals surface area contributed by atoms with Gasteiger partial charge in [-0.15, -0.1) is 11.3 Å². The molecule has 2 fully saturated rings. The van der Waals surface area contributed by atoms with E-state index in [1.54, 1.807) is 12.1 Å². The van der Waals surface area contributed by atoms with E-state index in [0.29, 0.717) is 23.5 Å². The van der Waals surface area contributed by atoms with Gasteiger partial charge in [-0.25, -0.2) is 9.18 Å². The lowest BCUT2D eigenvalue weighted by Crippen LogP contribution is -2.56. The standard InChI is InChI=1S/C25H31FN2O4S/c1-15-16(2)33-23(21(15)24(30)32-3)27-20(29)14-28-13-12-25(31)11-5-4-6-19(25)22(28)17-7-9-18(26)10-8-17/h7-10,19,22,31H,4-6,11-14H2,1-3H3,(H,27,29)/t19-,22-,25-/m0/s1. The molecule has 1 amide bonds. The topological polar surface area (TPSA) is 78.9 Å². The van der Waals surface area contributed by atoms with Crippen LogP contribution in [0, 0.1) is 25.6 Å². The first-order valence-electron chi connectivity index (χ1n) is 11.4. The fourth-order valence-corrected chi connectivity index (χ4v) is 6.50. The van der Waals surface area contributed by atoms with Crippen molar-refractivity contribution >= 4 is 28.2 Å². The molecule has 1 saturated carbocycles. The molecule has 33 heavy (non-hydrogen) atoms. The average Bonchev–Trinajstić information content (AvgIpc) is 3.06. The number of piperidine rings is 1. The summed E-state index contributed by atoms with van der Waals surface area (Å²) in [5, 5.41) is 14.8. The molecular formula is C25H31FN2O4S. The SMILES string of the molecule is COC(=O)c1c(NC(=O)CN2CC[C@@]3(O)CCCC[C@H]3[C@@H]2c2ccc(F)cc2)sc(C)c1C. The zero-order chi connectivity index (χ0) is 23.8. The highest BCUT2D eigenvalue weighted by Crippen LogP contribution is 2.49. The lowest BCUT2D eigenvalue weighted by molar-refractivity contribution is -0.135. The van der Waals surface area contributed by atoms with Crippen molar-refractivity contribution in [2.24, 2.45) is 5.92 Å². The van der Waals surface area contributed by atoms with E-state index in [1.807, 2.05) is 13.8 Å². The van der Waals surface area contributed by atoms with E-state index in [1.165, 1.54) is 30.6 Å². The van der Waals surface area contributed by atoms with E-state index in [0.717, 1.165) is 41.7 Å². The molecule has 1 aromatic heterocycles. The number of nitrogens with one attached hydrogen (secondary N) is 1. The molecule has 3 atom stereocenters. The molecular weight excluding hydrogens is 443 g/mol. The normalized spacial score (nSPS) is 25.4. The highest BCUT2D eigenvalue weighted by atomic mass is 32.1. The number of aryl methyl sites for hydroxylation is 1. The number of rotatable bonds is 5. The Labute approximate surface area is 197 Å². The van der Waals surface area contributed by atoms with Gasteiger partial charge in [0.25, 0.3) is 0 Å². The van der Waals surface area contributed by atoms with Gasteiger partial charge in [0.2, 0.25) is 5.91 Å². The molecule has 1 aliphatic heterocycles. The van der Waals surface area contributed by atoms with Gasteiger partial charge in [-0.3, -0.25) is 9.69 Å². The lowest BCUT2D eigenvalue weighted by Gasteiger charge is -2.52. The molecule has 178 valence electrons. The number of carbonyl (C=O) groups is 2. The van der Waals surface area contributed by atoms with E-state index in [4.69, 9.17) is 4.74 Å². The predicted molar refractivity (Wildman–Crippen MR) is 126 cm³/mol. The summed E-state index contributed by atoms with van der Waals surface area (Å²) in [6, 6.07) is 6.20. The predicted octanol–water partition coefficient (Wildman–Crippen LogP) is 4.60. The Bertz CT molecular complexity index is 1040. The number of carbonyl (C=O) groups excluding carboxylic acids is 2. The van der Waals surface area contributed by atoms with Crippen molar-refractivity contribution in [1.29, 1.82) is 0 Å². The van der Waals surface area contributed by atoms with Crippen molar-refractivity contribution in [1.82, 2.24) is 4.90 Å². The number of likely N-dealkylation sites (tertiary alicyclic amines) is 1. The third-order valence-corrected chi connectivity index (χ3v) is 8.38. The van der Waals surface area contributed by atoms with Crippen LogP contribution in [0.4, 0.5) is 9.39 Å². The Morgan fingerprint density at radius 3 is 2.67 bits per heavy atom. The maximum absolute atomic E-state index is 13.6. The molecule has 0 radical (unpaired) electrons. The number of esters is 1. The number of hydrogen-bond donors (Lipinski definition) is 2. The second-order valence-electron chi connectivity index (χ2n) is 9.20. The maximum atomic E-state index is 13.6. The van der Waals surface area contributed by atoms with Gasteiger partial charge in [0.1, 0.15) is 10.8 Å². The largest absolute Gasteiger partial charge is 0.465 e. The van der Waals surface area contributed by atoms with Crippen molar-refractivity contribution in [2.75, 3.05) is 25.5 Å². The minimum absolute atomic E-state index is 0.0184. The lowest BCUT2D eigenvalue weighted by atomic mass is 9.66. The summed E-state index contributed by atoms with van der Waals surface area (Å²) in [6.07, 6.45) is 4.25. The van der Waals surface area contributed by atoms with E-state index >= 15 is 0 Å². The zero-order valence-corrected chi connectivity index (χ0v) is 20.1. The maximum Gasteiger partial charge on any atom is 0.341 e. The molecule has 2 heterocycles. The summed E-state index contributed by atoms with van der Waals surface area (Å²) < 4.78 is 18.5. The molecule has 0 unspecified atom stereocenters. The van der Waals surface area contributed by atoms with Gasteiger partial charge in [0.05, 0.1) is 24.8 Å². The summed E-state index contributed by atoms with van der Waals surface area (Å²) in [6.45, 7) is 4.42. The van der Waals surface area contributed by atoms with Crippen LogP contribution in [0.3, 0.4) is 0 Å². The minimum atomic E-state index is -0.760. The number of nitrogens with zero attached hydrogens (tertiary/aromatic N) is 1. The van der Waals surface area contributed by atoms with Crippen molar-refractivity contribution in [2.45, 2.75) is 57.6 Å². The molecule has 0 bridgehead atoms. The fourth-order valence-electron chi connectivity index (χ4n) is 5.44. The molecule has 2 aliphatic rings. The fraction of sp³-hybridized carbons (Fsp3) is 0.520. The van der Waals surface area contributed by atoms with Crippen LogP contribution in [0.2, 0.25) is 0 Å². The Morgan fingerprint density at radius 2 is 1.97 bits per heavy atom. The Balaban J connectivity index is 1.58. The Hall–Kier alpha value is -2.29. The number of fused-ring (bicyclic) bond motifs is 1. The number of anilines is 1. The molecule has 6 nitrogen and oxygen atoms in total. The van der Waals surface area contributed by atoms with Gasteiger partial charge in [0.15, 0.2) is 0 Å². The number of methoxy groups -OCH3 is 1. The van der Waals surface area contributed by atoms with Gasteiger partial charge < -0.3 is 15.2 Å². The van der Waals surface area contributed by atoms with Gasteiger partial charge in [-0.1, -0.05) is 25.0 Å². The summed E-state index contributed by atoms with van der Waals surface area (Å²) in [5.74, 6) is -1.03. The Morgan fingerprint density at radius 1 is 1.24 bits per heavy atom. The van der Waals surface area contributed by atoms with Crippen LogP contribution in [0.5, 0.6) is 0 Å². The molecule has 1 saturated heterocycles. The molecule has 2 aromatic rings. The van der Waals surface area contributed by atoms with E-state index in [9.17, 15) is 19.1 Å². The first kappa shape index (κ1) is 23.9. The van der Waals surface area contributed by atoms with Crippen LogP contribution in [-0.4, -0.2) is 47.7 Å². The summed E-state index contributed by atoms with van der Waals surface area (Å²) >= 11 is 1.36. The third-order valence-electron chi connectivity index (χ3n) is 7.26. The first-order valence-corrected chi connectivity index (χ1v) is 12.2. The van der Waals surface area contributed by atoms with Crippen LogP contribution in [-0.2, 0) is 9.53 Å². The molecule has 0 spiro atoms. The van der Waals surface area contributed by atoms with Crippen LogP contribution in [0.15, 0.2) is 24.3 Å². The number of benzene rings is 1. The van der Waals surface area contributed by atoms with Crippen molar-refractivity contribution < 1.29 is 23.8 Å². The monoisotopic (exact) mass is 474 g/mol. The van der Waals surface area contributed by atoms with Crippen LogP contribution >= 0.6 is 11.3 Å². The third kappa shape index (κ3) is 4.69. The summed E-state index contributed by atoms with van der Waals surface area (Å²) in [7, 11) is 1.33. The highest BCUT2D eigenvalue weighted by molar-refractivity contribution is 7.16. The number of hydrogen-bond acceptors (Lipinski definition) is 6. The number of thiophene rings is 1. The second-order valence-corrected chi connectivity index (χ2v) is 10.4. The van der Waals surface area contributed by atoms with Crippen molar-refractivity contribution in [3.63, 3.8) is 0 Å². The first-order chi connectivity index (χ1) is 15.7. The van der Waals surface area contributed by atoms with Crippen molar-refractivity contribution in [3.05, 3.63) is 51.7 Å². The highest BCUT2D eigenvalue weighted by Gasteiger charge is 2.49. The van der Waals surface area contributed by atoms with Crippen molar-refractivity contribution in [3.8, 4) is 0 Å². The van der Waals surface area contributed by atoms with Crippen LogP contribution in [0.25, 0.3) is 0 Å². The summed E-state index contributed by atoms with van der Waals surface area (Å²) in [5.41, 5.74) is 1.34. The molecule has 1 aliphatic carbocycles. The average molecular weight is 475 g/mol. The minimum Gasteiger partial charge on any atom is -0.465 e. The van der Waals surface area contributed by atoms with E-state index in [2.05, 4.69) is 10.2 Å². The van der Waals surface area contributed by atoms with Gasteiger partial charge in [0, 0.05) is 23.4 Å². The van der Waals surface area contributed by atoms with Crippen LogP contribution < -0.4 is 5.32 Å².